The van der Waals surface area contributed by atoms with E-state index in [1.807, 2.05) is 12.1 Å². The van der Waals surface area contributed by atoms with Crippen LogP contribution in [-0.4, -0.2) is 17.4 Å². The van der Waals surface area contributed by atoms with E-state index in [2.05, 4.69) is 26.2 Å². The van der Waals surface area contributed by atoms with Crippen molar-refractivity contribution >= 4 is 27.5 Å². The molecule has 0 saturated heterocycles. The Balaban J connectivity index is 1.89. The van der Waals surface area contributed by atoms with Gasteiger partial charge in [-0.1, -0.05) is 0 Å². The van der Waals surface area contributed by atoms with Crippen LogP contribution in [0, 0.1) is 0 Å². The first-order valence-corrected chi connectivity index (χ1v) is 6.68. The smallest absolute Gasteiger partial charge is 0.251 e. The van der Waals surface area contributed by atoms with Crippen LogP contribution in [0.1, 0.15) is 15.9 Å². The van der Waals surface area contributed by atoms with Crippen molar-refractivity contribution in [3.05, 3.63) is 58.3 Å². The lowest BCUT2D eigenvalue weighted by atomic mass is 10.1. The molecule has 98 valence electrons. The van der Waals surface area contributed by atoms with Crippen molar-refractivity contribution in [1.82, 2.24) is 10.3 Å². The van der Waals surface area contributed by atoms with Gasteiger partial charge in [0.15, 0.2) is 0 Å². The van der Waals surface area contributed by atoms with Crippen LogP contribution >= 0.6 is 15.9 Å². The second-order valence-electron chi connectivity index (χ2n) is 4.10. The summed E-state index contributed by atoms with van der Waals surface area (Å²) < 4.78 is 0.731. The van der Waals surface area contributed by atoms with E-state index in [1.165, 1.54) is 0 Å². The van der Waals surface area contributed by atoms with Crippen LogP contribution in [0.2, 0.25) is 0 Å². The Bertz CT molecular complexity index is 572. The van der Waals surface area contributed by atoms with E-state index in [0.717, 1.165) is 16.5 Å². The predicted octanol–water partition coefficient (Wildman–Crippen LogP) is 2.40. The van der Waals surface area contributed by atoms with Crippen molar-refractivity contribution in [3.8, 4) is 0 Å². The highest BCUT2D eigenvalue weighted by Gasteiger charge is 2.06. The first-order valence-electron chi connectivity index (χ1n) is 5.89. The molecule has 0 unspecified atom stereocenters. The molecule has 0 atom stereocenters. The third kappa shape index (κ3) is 3.79. The lowest BCUT2D eigenvalue weighted by Crippen LogP contribution is -2.25. The fourth-order valence-corrected chi connectivity index (χ4v) is 2.02. The highest BCUT2D eigenvalue weighted by Crippen LogP contribution is 2.20. The molecule has 0 spiro atoms. The molecule has 4 nitrogen and oxygen atoms in total. The Labute approximate surface area is 120 Å². The molecule has 0 aliphatic rings. The van der Waals surface area contributed by atoms with Crippen molar-refractivity contribution < 1.29 is 4.79 Å². The second-order valence-corrected chi connectivity index (χ2v) is 4.95. The quantitative estimate of drug-likeness (QED) is 0.850. The average Bonchev–Trinajstić information content (AvgIpc) is 2.43. The van der Waals surface area contributed by atoms with E-state index >= 15 is 0 Å². The van der Waals surface area contributed by atoms with Crippen LogP contribution < -0.4 is 11.1 Å². The summed E-state index contributed by atoms with van der Waals surface area (Å²) in [5.41, 5.74) is 8.04. The lowest BCUT2D eigenvalue weighted by molar-refractivity contribution is 0.0954. The molecule has 0 aliphatic carbocycles. The zero-order valence-corrected chi connectivity index (χ0v) is 11.9. The van der Waals surface area contributed by atoms with Crippen molar-refractivity contribution in [2.24, 2.45) is 0 Å². The van der Waals surface area contributed by atoms with E-state index in [1.54, 1.807) is 30.6 Å². The van der Waals surface area contributed by atoms with Crippen LogP contribution in [0.3, 0.4) is 0 Å². The SMILES string of the molecule is Nc1ccc(C(=O)NCCc2ccncc2)cc1Br. The summed E-state index contributed by atoms with van der Waals surface area (Å²) in [5.74, 6) is -0.102. The maximum atomic E-state index is 11.9. The van der Waals surface area contributed by atoms with Gasteiger partial charge in [0.1, 0.15) is 0 Å². The molecule has 19 heavy (non-hydrogen) atoms. The van der Waals surface area contributed by atoms with Crippen LogP contribution in [0.25, 0.3) is 0 Å². The summed E-state index contributed by atoms with van der Waals surface area (Å²) in [6.07, 6.45) is 4.27. The number of carbonyl (C=O) groups is 1. The molecule has 1 heterocycles. The number of anilines is 1. The van der Waals surface area contributed by atoms with E-state index in [4.69, 9.17) is 5.73 Å². The largest absolute Gasteiger partial charge is 0.398 e. The number of halogens is 1. The van der Waals surface area contributed by atoms with Gasteiger partial charge in [-0.25, -0.2) is 0 Å². The summed E-state index contributed by atoms with van der Waals surface area (Å²) in [4.78, 5) is 15.9. The highest BCUT2D eigenvalue weighted by atomic mass is 79.9. The molecule has 3 N–H and O–H groups in total. The molecular formula is C14H14BrN3O. The molecule has 0 bridgehead atoms. The zero-order valence-electron chi connectivity index (χ0n) is 10.3. The Morgan fingerprint density at radius 2 is 2.00 bits per heavy atom. The molecule has 1 aromatic carbocycles. The molecule has 0 saturated carbocycles. The monoisotopic (exact) mass is 319 g/mol. The summed E-state index contributed by atoms with van der Waals surface area (Å²) >= 11 is 3.31. The number of amides is 1. The maximum absolute atomic E-state index is 11.9. The topological polar surface area (TPSA) is 68.0 Å². The van der Waals surface area contributed by atoms with Gasteiger partial charge in [-0.05, 0) is 58.2 Å². The van der Waals surface area contributed by atoms with E-state index in [0.29, 0.717) is 17.8 Å². The number of carbonyl (C=O) groups excluding carboxylic acids is 1. The van der Waals surface area contributed by atoms with Gasteiger partial charge in [-0.3, -0.25) is 9.78 Å². The third-order valence-corrected chi connectivity index (χ3v) is 3.40. The van der Waals surface area contributed by atoms with Gasteiger partial charge in [-0.2, -0.15) is 0 Å². The van der Waals surface area contributed by atoms with Gasteiger partial charge >= 0.3 is 0 Å². The summed E-state index contributed by atoms with van der Waals surface area (Å²) in [6.45, 7) is 0.588. The predicted molar refractivity (Wildman–Crippen MR) is 78.8 cm³/mol. The first kappa shape index (κ1) is 13.5. The number of hydrogen-bond acceptors (Lipinski definition) is 3. The molecule has 2 rings (SSSR count). The summed E-state index contributed by atoms with van der Waals surface area (Å²) in [6, 6.07) is 9.01. The fourth-order valence-electron chi connectivity index (χ4n) is 1.64. The minimum Gasteiger partial charge on any atom is -0.398 e. The number of pyridine rings is 1. The normalized spacial score (nSPS) is 10.2. The van der Waals surface area contributed by atoms with Crippen molar-refractivity contribution in [2.45, 2.75) is 6.42 Å². The summed E-state index contributed by atoms with van der Waals surface area (Å²) in [7, 11) is 0. The van der Waals surface area contributed by atoms with E-state index in [9.17, 15) is 4.79 Å². The number of nitrogens with zero attached hydrogens (tertiary/aromatic N) is 1. The van der Waals surface area contributed by atoms with Gasteiger partial charge in [-0.15, -0.1) is 0 Å². The highest BCUT2D eigenvalue weighted by molar-refractivity contribution is 9.10. The van der Waals surface area contributed by atoms with Crippen LogP contribution in [0.15, 0.2) is 47.2 Å². The number of nitrogens with two attached hydrogens (primary N) is 1. The fraction of sp³-hybridized carbons (Fsp3) is 0.143. The van der Waals surface area contributed by atoms with E-state index in [-0.39, 0.29) is 5.91 Å². The Hall–Kier alpha value is -1.88. The Morgan fingerprint density at radius 1 is 1.26 bits per heavy atom. The lowest BCUT2D eigenvalue weighted by Gasteiger charge is -2.06. The van der Waals surface area contributed by atoms with Gasteiger partial charge in [0.2, 0.25) is 0 Å². The Kier molecular flexibility index (Phi) is 4.52. The van der Waals surface area contributed by atoms with Gasteiger partial charge in [0, 0.05) is 34.7 Å². The summed E-state index contributed by atoms with van der Waals surface area (Å²) in [5, 5.41) is 2.87. The molecular weight excluding hydrogens is 306 g/mol. The third-order valence-electron chi connectivity index (χ3n) is 2.71. The number of aromatic nitrogens is 1. The first-order chi connectivity index (χ1) is 9.16. The van der Waals surface area contributed by atoms with Crippen molar-refractivity contribution in [1.29, 1.82) is 0 Å². The number of nitrogen functional groups attached to an aromatic ring is 1. The molecule has 2 aromatic rings. The number of nitrogens with one attached hydrogen (secondary N) is 1. The number of rotatable bonds is 4. The molecule has 0 fully saturated rings. The van der Waals surface area contributed by atoms with E-state index < -0.39 is 0 Å². The van der Waals surface area contributed by atoms with Gasteiger partial charge < -0.3 is 11.1 Å². The Morgan fingerprint density at radius 3 is 2.68 bits per heavy atom. The van der Waals surface area contributed by atoms with Crippen LogP contribution in [-0.2, 0) is 6.42 Å². The second kappa shape index (κ2) is 6.33. The number of hydrogen-bond donors (Lipinski definition) is 2. The molecule has 1 aromatic heterocycles. The van der Waals surface area contributed by atoms with Crippen molar-refractivity contribution in [2.75, 3.05) is 12.3 Å². The molecule has 0 aliphatic heterocycles. The zero-order chi connectivity index (χ0) is 13.7. The van der Waals surface area contributed by atoms with Crippen molar-refractivity contribution in [3.63, 3.8) is 0 Å². The molecule has 0 radical (unpaired) electrons. The van der Waals surface area contributed by atoms with Crippen LogP contribution in [0.4, 0.5) is 5.69 Å². The van der Waals surface area contributed by atoms with Gasteiger partial charge in [0.05, 0.1) is 0 Å². The maximum Gasteiger partial charge on any atom is 0.251 e. The average molecular weight is 320 g/mol. The minimum absolute atomic E-state index is 0.102. The minimum atomic E-state index is -0.102. The molecule has 5 heteroatoms. The molecule has 1 amide bonds. The van der Waals surface area contributed by atoms with Crippen LogP contribution in [0.5, 0.6) is 0 Å². The van der Waals surface area contributed by atoms with Gasteiger partial charge in [0.25, 0.3) is 5.91 Å². The standard InChI is InChI=1S/C14H14BrN3O/c15-12-9-11(1-2-13(12)16)14(19)18-8-5-10-3-6-17-7-4-10/h1-4,6-7,9H,5,8,16H2,(H,18,19). The number of benzene rings is 1.